The normalized spacial score (nSPS) is 28.0. The lowest BCUT2D eigenvalue weighted by Gasteiger charge is -2.33. The minimum atomic E-state index is 0.0321. The van der Waals surface area contributed by atoms with Crippen molar-refractivity contribution in [1.29, 1.82) is 0 Å². The predicted octanol–water partition coefficient (Wildman–Crippen LogP) is 4.49. The molecule has 1 aromatic rings. The second kappa shape index (κ2) is 6.51. The largest absolute Gasteiger partial charge is 0.368 e. The Morgan fingerprint density at radius 2 is 2.17 bits per heavy atom. The van der Waals surface area contributed by atoms with E-state index < -0.39 is 0 Å². The van der Waals surface area contributed by atoms with E-state index in [1.807, 2.05) is 6.92 Å². The third kappa shape index (κ3) is 3.56. The highest BCUT2D eigenvalue weighted by atomic mass is 79.9. The van der Waals surface area contributed by atoms with E-state index in [0.717, 1.165) is 4.47 Å². The van der Waals surface area contributed by atoms with Crippen molar-refractivity contribution in [2.24, 2.45) is 11.7 Å². The molecule has 0 radical (unpaired) electrons. The van der Waals surface area contributed by atoms with Crippen LogP contribution in [0.3, 0.4) is 0 Å². The molecule has 1 aliphatic carbocycles. The van der Waals surface area contributed by atoms with Crippen LogP contribution in [0.1, 0.15) is 50.5 Å². The number of nitrogens with two attached hydrogens (primary N) is 1. The van der Waals surface area contributed by atoms with Crippen molar-refractivity contribution >= 4 is 27.3 Å². The summed E-state index contributed by atoms with van der Waals surface area (Å²) in [5.41, 5.74) is 6.11. The van der Waals surface area contributed by atoms with Gasteiger partial charge in [0.25, 0.3) is 0 Å². The van der Waals surface area contributed by atoms with Gasteiger partial charge in [-0.05, 0) is 47.7 Å². The number of rotatable bonds is 4. The maximum atomic E-state index is 6.33. The molecule has 0 saturated heterocycles. The molecule has 4 atom stereocenters. The fourth-order valence-corrected chi connectivity index (χ4v) is 4.19. The molecule has 4 heteroatoms. The Morgan fingerprint density at radius 3 is 2.72 bits per heavy atom. The van der Waals surface area contributed by atoms with Crippen molar-refractivity contribution < 1.29 is 4.74 Å². The number of hydrogen-bond donors (Lipinski definition) is 1. The van der Waals surface area contributed by atoms with Gasteiger partial charge in [-0.2, -0.15) is 0 Å². The lowest BCUT2D eigenvalue weighted by molar-refractivity contribution is -0.0637. The van der Waals surface area contributed by atoms with Crippen molar-refractivity contribution in [3.05, 3.63) is 20.8 Å². The molecule has 18 heavy (non-hydrogen) atoms. The summed E-state index contributed by atoms with van der Waals surface area (Å²) < 4.78 is 7.45. The van der Waals surface area contributed by atoms with Gasteiger partial charge in [-0.3, -0.25) is 0 Å². The molecule has 0 aromatic carbocycles. The van der Waals surface area contributed by atoms with E-state index in [1.54, 1.807) is 11.3 Å². The molecule has 2 nitrogen and oxygen atoms in total. The molecule has 0 spiro atoms. The quantitative estimate of drug-likeness (QED) is 0.881. The number of hydrogen-bond acceptors (Lipinski definition) is 3. The first kappa shape index (κ1) is 14.5. The molecule has 1 heterocycles. The van der Waals surface area contributed by atoms with E-state index in [0.29, 0.717) is 12.0 Å². The summed E-state index contributed by atoms with van der Waals surface area (Å²) >= 11 is 5.22. The molecule has 2 N–H and O–H groups in total. The Hall–Kier alpha value is 0.1000. The van der Waals surface area contributed by atoms with Crippen LogP contribution in [0.5, 0.6) is 0 Å². The van der Waals surface area contributed by atoms with Crippen LogP contribution in [0.2, 0.25) is 0 Å². The van der Waals surface area contributed by atoms with Gasteiger partial charge in [0.15, 0.2) is 0 Å². The van der Waals surface area contributed by atoms with Crippen molar-refractivity contribution in [2.75, 3.05) is 0 Å². The zero-order valence-corrected chi connectivity index (χ0v) is 13.5. The van der Waals surface area contributed by atoms with Crippen LogP contribution in [0.15, 0.2) is 15.9 Å². The Kier molecular flexibility index (Phi) is 5.24. The molecule has 1 saturated carbocycles. The van der Waals surface area contributed by atoms with Crippen LogP contribution in [0.25, 0.3) is 0 Å². The van der Waals surface area contributed by atoms with Crippen LogP contribution in [0, 0.1) is 5.92 Å². The Labute approximate surface area is 122 Å². The molecular formula is C14H22BrNOS. The van der Waals surface area contributed by atoms with Gasteiger partial charge >= 0.3 is 0 Å². The first-order valence-electron chi connectivity index (χ1n) is 6.73. The highest BCUT2D eigenvalue weighted by Gasteiger charge is 2.28. The number of thiophene rings is 1. The first-order valence-corrected chi connectivity index (χ1v) is 8.40. The summed E-state index contributed by atoms with van der Waals surface area (Å²) in [6.07, 6.45) is 5.49. The number of ether oxygens (including phenoxy) is 1. The van der Waals surface area contributed by atoms with E-state index in [9.17, 15) is 0 Å². The topological polar surface area (TPSA) is 35.2 Å². The lowest BCUT2D eigenvalue weighted by atomic mass is 9.87. The monoisotopic (exact) mass is 331 g/mol. The predicted molar refractivity (Wildman–Crippen MR) is 80.9 cm³/mol. The fraction of sp³-hybridized carbons (Fsp3) is 0.714. The minimum absolute atomic E-state index is 0.0321. The van der Waals surface area contributed by atoms with Crippen molar-refractivity contribution in [3.8, 4) is 0 Å². The average molecular weight is 332 g/mol. The van der Waals surface area contributed by atoms with Crippen LogP contribution < -0.4 is 5.73 Å². The van der Waals surface area contributed by atoms with E-state index in [1.165, 1.54) is 30.6 Å². The SMILES string of the molecule is CC(N)C(OC1CCCCC1C)c1cc(Br)cs1. The third-order valence-corrected chi connectivity index (χ3v) is 5.45. The molecular weight excluding hydrogens is 310 g/mol. The maximum Gasteiger partial charge on any atom is 0.107 e. The molecule has 1 aliphatic rings. The van der Waals surface area contributed by atoms with Gasteiger partial charge in [-0.15, -0.1) is 11.3 Å². The van der Waals surface area contributed by atoms with Crippen molar-refractivity contribution in [1.82, 2.24) is 0 Å². The second-order valence-corrected chi connectivity index (χ2v) is 7.24. The molecule has 0 aliphatic heterocycles. The van der Waals surface area contributed by atoms with Gasteiger partial charge in [0.1, 0.15) is 6.10 Å². The van der Waals surface area contributed by atoms with Crippen LogP contribution in [0.4, 0.5) is 0 Å². The van der Waals surface area contributed by atoms with Crippen LogP contribution in [-0.4, -0.2) is 12.1 Å². The average Bonchev–Trinajstić information content (AvgIpc) is 2.74. The van der Waals surface area contributed by atoms with E-state index in [4.69, 9.17) is 10.5 Å². The van der Waals surface area contributed by atoms with Gasteiger partial charge in [0.05, 0.1) is 6.10 Å². The molecule has 0 amide bonds. The van der Waals surface area contributed by atoms with E-state index in [2.05, 4.69) is 34.3 Å². The van der Waals surface area contributed by atoms with Gasteiger partial charge in [0, 0.05) is 20.8 Å². The fourth-order valence-electron chi connectivity index (χ4n) is 2.60. The molecule has 102 valence electrons. The van der Waals surface area contributed by atoms with Crippen molar-refractivity contribution in [2.45, 2.75) is 57.8 Å². The standard InChI is InChI=1S/C14H22BrNOS/c1-9-5-3-4-6-12(9)17-14(10(2)16)13-7-11(15)8-18-13/h7-10,12,14H,3-6,16H2,1-2H3. The lowest BCUT2D eigenvalue weighted by Crippen LogP contribution is -2.34. The molecule has 1 fully saturated rings. The molecule has 1 aromatic heterocycles. The highest BCUT2D eigenvalue weighted by Crippen LogP contribution is 2.35. The van der Waals surface area contributed by atoms with Gasteiger partial charge < -0.3 is 10.5 Å². The van der Waals surface area contributed by atoms with E-state index >= 15 is 0 Å². The van der Waals surface area contributed by atoms with E-state index in [-0.39, 0.29) is 12.1 Å². The Bertz CT molecular complexity index is 380. The zero-order valence-electron chi connectivity index (χ0n) is 11.1. The van der Waals surface area contributed by atoms with Crippen molar-refractivity contribution in [3.63, 3.8) is 0 Å². The molecule has 0 bridgehead atoms. The molecule has 4 unspecified atom stereocenters. The third-order valence-electron chi connectivity index (χ3n) is 3.70. The minimum Gasteiger partial charge on any atom is -0.368 e. The maximum absolute atomic E-state index is 6.33. The summed E-state index contributed by atoms with van der Waals surface area (Å²) in [6, 6.07) is 2.16. The van der Waals surface area contributed by atoms with Gasteiger partial charge in [-0.1, -0.05) is 19.8 Å². The zero-order chi connectivity index (χ0) is 13.1. The summed E-state index contributed by atoms with van der Waals surface area (Å²) in [4.78, 5) is 1.23. The van der Waals surface area contributed by atoms with Gasteiger partial charge in [-0.25, -0.2) is 0 Å². The summed E-state index contributed by atoms with van der Waals surface area (Å²) in [5.74, 6) is 0.656. The summed E-state index contributed by atoms with van der Waals surface area (Å²) in [7, 11) is 0. The second-order valence-electron chi connectivity index (χ2n) is 5.38. The Morgan fingerprint density at radius 1 is 1.44 bits per heavy atom. The first-order chi connectivity index (χ1) is 8.58. The Balaban J connectivity index is 2.06. The molecule has 2 rings (SSSR count). The van der Waals surface area contributed by atoms with Gasteiger partial charge in [0.2, 0.25) is 0 Å². The summed E-state index contributed by atoms with van der Waals surface area (Å²) in [5, 5.41) is 2.10. The summed E-state index contributed by atoms with van der Waals surface area (Å²) in [6.45, 7) is 4.33. The smallest absolute Gasteiger partial charge is 0.107 e. The van der Waals surface area contributed by atoms with Crippen LogP contribution >= 0.6 is 27.3 Å². The van der Waals surface area contributed by atoms with Crippen LogP contribution in [-0.2, 0) is 4.74 Å². The highest BCUT2D eigenvalue weighted by molar-refractivity contribution is 9.10. The number of halogens is 1.